The third-order valence-corrected chi connectivity index (χ3v) is 8.35. The minimum atomic E-state index is -1.13. The van der Waals surface area contributed by atoms with E-state index >= 15 is 0 Å². The molecule has 1 fully saturated rings. The van der Waals surface area contributed by atoms with Crippen molar-refractivity contribution in [3.8, 4) is 5.75 Å². The van der Waals surface area contributed by atoms with Crippen molar-refractivity contribution in [2.45, 2.75) is 26.5 Å². The van der Waals surface area contributed by atoms with E-state index in [1.165, 1.54) is 25.3 Å². The Kier molecular flexibility index (Phi) is 9.43. The van der Waals surface area contributed by atoms with Crippen molar-refractivity contribution in [3.05, 3.63) is 129 Å². The number of aliphatic hydroxyl groups excluding tert-OH is 1. The molecule has 46 heavy (non-hydrogen) atoms. The van der Waals surface area contributed by atoms with Gasteiger partial charge < -0.3 is 19.3 Å². The zero-order valence-electron chi connectivity index (χ0n) is 25.3. The normalized spacial score (nSPS) is 15.5. The highest BCUT2D eigenvalue weighted by atomic mass is 32.1. The van der Waals surface area contributed by atoms with Gasteiger partial charge in [-0.3, -0.25) is 14.5 Å². The molecule has 10 nitrogen and oxygen atoms in total. The summed E-state index contributed by atoms with van der Waals surface area (Å²) in [4.78, 5) is 57.6. The third-order valence-electron chi connectivity index (χ3n) is 7.22. The summed E-state index contributed by atoms with van der Waals surface area (Å²) in [5.41, 5.74) is 3.17. The molecule has 1 unspecified atom stereocenters. The number of rotatable bonds is 10. The van der Waals surface area contributed by atoms with Crippen LogP contribution in [0.4, 0.5) is 5.13 Å². The van der Waals surface area contributed by atoms with Crippen LogP contribution < -0.4 is 9.64 Å². The first-order valence-corrected chi connectivity index (χ1v) is 15.0. The number of aliphatic hydroxyl groups is 1. The van der Waals surface area contributed by atoms with Crippen LogP contribution in [0.2, 0.25) is 0 Å². The molecule has 1 amide bonds. The Morgan fingerprint density at radius 2 is 1.70 bits per heavy atom. The first kappa shape index (κ1) is 31.9. The number of benzene rings is 3. The number of aryl methyl sites for hydroxylation is 2. The molecule has 1 aromatic heterocycles. The molecule has 0 bridgehead atoms. The van der Waals surface area contributed by atoms with Gasteiger partial charge in [-0.2, -0.15) is 0 Å². The molecular formula is C35H30N2O8S. The summed E-state index contributed by atoms with van der Waals surface area (Å²) < 4.78 is 15.8. The maximum absolute atomic E-state index is 13.6. The molecule has 1 aliphatic rings. The van der Waals surface area contributed by atoms with Crippen LogP contribution in [0, 0.1) is 13.8 Å². The highest BCUT2D eigenvalue weighted by Crippen LogP contribution is 2.44. The van der Waals surface area contributed by atoms with Gasteiger partial charge in [-0.15, -0.1) is 0 Å². The van der Waals surface area contributed by atoms with Gasteiger partial charge in [-0.1, -0.05) is 66.0 Å². The zero-order valence-corrected chi connectivity index (χ0v) is 26.1. The summed E-state index contributed by atoms with van der Waals surface area (Å²) in [6.07, 6.45) is 1.43. The standard InChI is InChI=1S/C35H30N2O8S/c1-5-17-44-34(42)31-21(3)36-35(46-31)37-28(23-9-11-25(12-10-23)33(41)43-4)27(30(39)32(37)40)29(38)24-13-15-26(16-14-24)45-19-22-8-6-7-20(2)18-22/h5-16,18,28,38H,1,17,19H2,2-4H3/b29-27+. The quantitative estimate of drug-likeness (QED) is 0.0720. The second-order valence-electron chi connectivity index (χ2n) is 10.4. The van der Waals surface area contributed by atoms with E-state index in [-0.39, 0.29) is 33.3 Å². The van der Waals surface area contributed by atoms with Crippen LogP contribution >= 0.6 is 11.3 Å². The summed E-state index contributed by atoms with van der Waals surface area (Å²) in [5, 5.41) is 11.6. The fourth-order valence-electron chi connectivity index (χ4n) is 4.97. The third kappa shape index (κ3) is 6.45. The van der Waals surface area contributed by atoms with E-state index in [1.807, 2.05) is 31.2 Å². The molecule has 1 saturated heterocycles. The van der Waals surface area contributed by atoms with Crippen LogP contribution in [0.25, 0.3) is 5.76 Å². The molecule has 3 aromatic carbocycles. The molecule has 0 aliphatic carbocycles. The molecule has 1 aliphatic heterocycles. The highest BCUT2D eigenvalue weighted by Gasteiger charge is 2.48. The summed E-state index contributed by atoms with van der Waals surface area (Å²) in [5.74, 6) is -2.97. The monoisotopic (exact) mass is 638 g/mol. The Labute approximate surface area is 269 Å². The number of esters is 2. The Morgan fingerprint density at radius 1 is 1.00 bits per heavy atom. The van der Waals surface area contributed by atoms with Crippen molar-refractivity contribution in [1.29, 1.82) is 0 Å². The number of aromatic nitrogens is 1. The Balaban J connectivity index is 1.54. The maximum atomic E-state index is 13.6. The molecule has 0 radical (unpaired) electrons. The SMILES string of the molecule is C=CCOC(=O)c1sc(N2C(=O)C(=O)/C(=C(/O)c3ccc(OCc4cccc(C)c4)cc3)C2c2ccc(C(=O)OC)cc2)nc1C. The van der Waals surface area contributed by atoms with Gasteiger partial charge in [0.05, 0.1) is 30.0 Å². The smallest absolute Gasteiger partial charge is 0.350 e. The summed E-state index contributed by atoms with van der Waals surface area (Å²) in [7, 11) is 1.26. The molecular weight excluding hydrogens is 608 g/mol. The lowest BCUT2D eigenvalue weighted by atomic mass is 9.94. The summed E-state index contributed by atoms with van der Waals surface area (Å²) in [6, 6.07) is 19.4. The minimum absolute atomic E-state index is 0.0156. The van der Waals surface area contributed by atoms with Crippen molar-refractivity contribution in [3.63, 3.8) is 0 Å². The van der Waals surface area contributed by atoms with Crippen LogP contribution in [-0.4, -0.2) is 47.4 Å². The number of carbonyl (C=O) groups excluding carboxylic acids is 4. The van der Waals surface area contributed by atoms with Crippen molar-refractivity contribution in [2.24, 2.45) is 0 Å². The number of carbonyl (C=O) groups is 4. The number of hydrogen-bond donors (Lipinski definition) is 1. The number of thiazole rings is 1. The van der Waals surface area contributed by atoms with Gasteiger partial charge in [0.25, 0.3) is 5.78 Å². The van der Waals surface area contributed by atoms with E-state index in [1.54, 1.807) is 43.3 Å². The van der Waals surface area contributed by atoms with E-state index in [0.717, 1.165) is 27.4 Å². The first-order valence-electron chi connectivity index (χ1n) is 14.2. The van der Waals surface area contributed by atoms with Crippen LogP contribution in [0.5, 0.6) is 5.75 Å². The molecule has 11 heteroatoms. The fraction of sp³-hybridized carbons (Fsp3) is 0.171. The van der Waals surface area contributed by atoms with Crippen molar-refractivity contribution in [1.82, 2.24) is 4.98 Å². The van der Waals surface area contributed by atoms with Crippen molar-refractivity contribution in [2.75, 3.05) is 18.6 Å². The number of anilines is 1. The Morgan fingerprint density at radius 3 is 2.35 bits per heavy atom. The number of ether oxygens (including phenoxy) is 3. The van der Waals surface area contributed by atoms with Gasteiger partial charge >= 0.3 is 17.8 Å². The fourth-order valence-corrected chi connectivity index (χ4v) is 5.96. The molecule has 2 heterocycles. The minimum Gasteiger partial charge on any atom is -0.507 e. The number of hydrogen-bond acceptors (Lipinski definition) is 10. The van der Waals surface area contributed by atoms with Crippen LogP contribution in [-0.2, 0) is 25.7 Å². The van der Waals surface area contributed by atoms with Crippen molar-refractivity contribution >= 4 is 45.9 Å². The molecule has 0 saturated carbocycles. The molecule has 5 rings (SSSR count). The molecule has 234 valence electrons. The number of nitrogens with zero attached hydrogens (tertiary/aromatic N) is 2. The summed E-state index contributed by atoms with van der Waals surface area (Å²) >= 11 is 0.885. The average molecular weight is 639 g/mol. The highest BCUT2D eigenvalue weighted by molar-refractivity contribution is 7.17. The predicted octanol–water partition coefficient (Wildman–Crippen LogP) is 6.09. The molecule has 0 spiro atoms. The lowest BCUT2D eigenvalue weighted by Crippen LogP contribution is -2.29. The van der Waals surface area contributed by atoms with Gasteiger partial charge in [-0.25, -0.2) is 14.6 Å². The van der Waals surface area contributed by atoms with Crippen LogP contribution in [0.1, 0.15) is 54.0 Å². The Hall–Kier alpha value is -5.55. The van der Waals surface area contributed by atoms with Gasteiger partial charge in [0, 0.05) is 5.56 Å². The summed E-state index contributed by atoms with van der Waals surface area (Å²) in [6.45, 7) is 7.45. The van der Waals surface area contributed by atoms with Gasteiger partial charge in [0.1, 0.15) is 29.6 Å². The molecule has 1 N–H and O–H groups in total. The van der Waals surface area contributed by atoms with E-state index in [4.69, 9.17) is 14.2 Å². The predicted molar refractivity (Wildman–Crippen MR) is 172 cm³/mol. The van der Waals surface area contributed by atoms with E-state index in [9.17, 15) is 24.3 Å². The maximum Gasteiger partial charge on any atom is 0.350 e. The van der Waals surface area contributed by atoms with Gasteiger partial charge in [0.2, 0.25) is 0 Å². The molecule has 4 aromatic rings. The first-order chi connectivity index (χ1) is 22.1. The number of amides is 1. The van der Waals surface area contributed by atoms with E-state index in [2.05, 4.69) is 11.6 Å². The molecule has 1 atom stereocenters. The second-order valence-corrected chi connectivity index (χ2v) is 11.4. The number of Topliss-reactive ketones (excluding diaryl/α,β-unsaturated/α-hetero) is 1. The number of methoxy groups -OCH3 is 1. The zero-order chi connectivity index (χ0) is 33.0. The lowest BCUT2D eigenvalue weighted by Gasteiger charge is -2.23. The largest absolute Gasteiger partial charge is 0.507 e. The van der Waals surface area contributed by atoms with Crippen LogP contribution in [0.15, 0.2) is 91.0 Å². The second kappa shape index (κ2) is 13.6. The topological polar surface area (TPSA) is 132 Å². The van der Waals surface area contributed by atoms with Crippen molar-refractivity contribution < 1.29 is 38.5 Å². The van der Waals surface area contributed by atoms with E-state index in [0.29, 0.717) is 23.6 Å². The lowest BCUT2D eigenvalue weighted by molar-refractivity contribution is -0.132. The average Bonchev–Trinajstić information content (AvgIpc) is 3.58. The van der Waals surface area contributed by atoms with Gasteiger partial charge in [-0.05, 0) is 61.4 Å². The van der Waals surface area contributed by atoms with Gasteiger partial charge in [0.15, 0.2) is 5.13 Å². The Bertz CT molecular complexity index is 1860. The van der Waals surface area contributed by atoms with Crippen LogP contribution in [0.3, 0.4) is 0 Å². The number of ketones is 1. The van der Waals surface area contributed by atoms with E-state index < -0.39 is 35.4 Å².